The summed E-state index contributed by atoms with van der Waals surface area (Å²) in [6.45, 7) is 3.84. The zero-order valence-corrected chi connectivity index (χ0v) is 17.9. The first kappa shape index (κ1) is 20.1. The van der Waals surface area contributed by atoms with E-state index < -0.39 is 10.0 Å². The van der Waals surface area contributed by atoms with Gasteiger partial charge in [0.1, 0.15) is 21.7 Å². The van der Waals surface area contributed by atoms with Gasteiger partial charge in [-0.05, 0) is 49.7 Å². The Labute approximate surface area is 169 Å². The van der Waals surface area contributed by atoms with Gasteiger partial charge in [-0.25, -0.2) is 18.4 Å². The van der Waals surface area contributed by atoms with E-state index in [0.29, 0.717) is 21.5 Å². The Hall–Kier alpha value is -2.65. The van der Waals surface area contributed by atoms with Gasteiger partial charge in [-0.1, -0.05) is 6.92 Å². The highest BCUT2D eigenvalue weighted by Crippen LogP contribution is 2.25. The van der Waals surface area contributed by atoms with Crippen molar-refractivity contribution in [2.45, 2.75) is 24.5 Å². The Morgan fingerprint density at radius 1 is 1.04 bits per heavy atom. The predicted molar refractivity (Wildman–Crippen MR) is 115 cm³/mol. The second kappa shape index (κ2) is 8.15. The summed E-state index contributed by atoms with van der Waals surface area (Å²) in [5.41, 5.74) is 1.31. The van der Waals surface area contributed by atoms with E-state index in [2.05, 4.69) is 20.0 Å². The zero-order chi connectivity index (χ0) is 20.3. The van der Waals surface area contributed by atoms with E-state index in [-0.39, 0.29) is 0 Å². The molecule has 0 aliphatic carbocycles. The van der Waals surface area contributed by atoms with E-state index in [4.69, 9.17) is 0 Å². The van der Waals surface area contributed by atoms with Crippen molar-refractivity contribution in [1.82, 2.24) is 9.97 Å². The van der Waals surface area contributed by atoms with Gasteiger partial charge in [-0.15, -0.1) is 11.3 Å². The highest BCUT2D eigenvalue weighted by molar-refractivity contribution is 7.94. The van der Waals surface area contributed by atoms with Crippen molar-refractivity contribution in [1.29, 1.82) is 0 Å². The minimum Gasteiger partial charge on any atom is -0.363 e. The number of aryl methyl sites for hydroxylation is 2. The molecule has 2 N–H and O–H groups in total. The van der Waals surface area contributed by atoms with Crippen LogP contribution in [0.15, 0.2) is 46.7 Å². The van der Waals surface area contributed by atoms with Crippen molar-refractivity contribution in [3.63, 3.8) is 0 Å². The molecule has 3 rings (SSSR count). The molecule has 0 radical (unpaired) electrons. The van der Waals surface area contributed by atoms with Crippen LogP contribution in [-0.2, 0) is 16.4 Å². The van der Waals surface area contributed by atoms with Gasteiger partial charge in [0.15, 0.2) is 0 Å². The highest BCUT2D eigenvalue weighted by atomic mass is 32.2. The lowest BCUT2D eigenvalue weighted by Crippen LogP contribution is -2.12. The molecule has 2 heterocycles. The average Bonchev–Trinajstić information content (AvgIpc) is 3.13. The summed E-state index contributed by atoms with van der Waals surface area (Å²) in [6, 6.07) is 12.4. The standard InChI is InChI=1S/C19H23N5O2S2/c1-5-16-10-11-19(27-16)28(25,26)23-15-8-6-14(7-9-15)22-17-12-18(24(3)4)21-13(2)20-17/h6-12,23H,5H2,1-4H3,(H,20,21,22). The van der Waals surface area contributed by atoms with Crippen LogP contribution in [0.4, 0.5) is 23.0 Å². The predicted octanol–water partition coefficient (Wildman–Crippen LogP) is 4.02. The van der Waals surface area contributed by atoms with Gasteiger partial charge in [-0.2, -0.15) is 0 Å². The highest BCUT2D eigenvalue weighted by Gasteiger charge is 2.16. The van der Waals surface area contributed by atoms with Crippen molar-refractivity contribution in [2.24, 2.45) is 0 Å². The molecule has 0 spiro atoms. The lowest BCUT2D eigenvalue weighted by atomic mass is 10.3. The molecule has 0 atom stereocenters. The fourth-order valence-electron chi connectivity index (χ4n) is 2.51. The van der Waals surface area contributed by atoms with E-state index in [9.17, 15) is 8.42 Å². The topological polar surface area (TPSA) is 87.2 Å². The Balaban J connectivity index is 1.73. The number of rotatable bonds is 7. The van der Waals surface area contributed by atoms with E-state index in [1.165, 1.54) is 11.3 Å². The van der Waals surface area contributed by atoms with Crippen LogP contribution >= 0.6 is 11.3 Å². The van der Waals surface area contributed by atoms with Gasteiger partial charge < -0.3 is 10.2 Å². The van der Waals surface area contributed by atoms with Gasteiger partial charge >= 0.3 is 0 Å². The molecule has 7 nitrogen and oxygen atoms in total. The molecule has 9 heteroatoms. The second-order valence-corrected chi connectivity index (χ2v) is 9.51. The molecule has 0 unspecified atom stereocenters. The third kappa shape index (κ3) is 4.79. The Morgan fingerprint density at radius 2 is 1.71 bits per heavy atom. The lowest BCUT2D eigenvalue weighted by Gasteiger charge is -2.14. The maximum Gasteiger partial charge on any atom is 0.271 e. The van der Waals surface area contributed by atoms with E-state index >= 15 is 0 Å². The van der Waals surface area contributed by atoms with Crippen LogP contribution in [0.5, 0.6) is 0 Å². The lowest BCUT2D eigenvalue weighted by molar-refractivity contribution is 0.603. The normalized spacial score (nSPS) is 11.3. The van der Waals surface area contributed by atoms with Gasteiger partial charge in [-0.3, -0.25) is 4.72 Å². The van der Waals surface area contributed by atoms with Crippen molar-refractivity contribution < 1.29 is 8.42 Å². The Bertz CT molecular complexity index is 1060. The molecule has 3 aromatic rings. The second-order valence-electron chi connectivity index (χ2n) is 6.44. The summed E-state index contributed by atoms with van der Waals surface area (Å²) in [4.78, 5) is 11.7. The minimum absolute atomic E-state index is 0.319. The van der Waals surface area contributed by atoms with E-state index in [1.54, 1.807) is 30.3 Å². The third-order valence-corrected chi connectivity index (χ3v) is 7.05. The number of hydrogen-bond donors (Lipinski definition) is 2. The molecule has 28 heavy (non-hydrogen) atoms. The van der Waals surface area contributed by atoms with Crippen molar-refractivity contribution in [3.8, 4) is 0 Å². The van der Waals surface area contributed by atoms with Crippen molar-refractivity contribution >= 4 is 44.4 Å². The molecule has 1 aromatic carbocycles. The number of nitrogens with one attached hydrogen (secondary N) is 2. The molecule has 0 saturated heterocycles. The Kier molecular flexibility index (Phi) is 5.85. The third-order valence-electron chi connectivity index (χ3n) is 3.94. The largest absolute Gasteiger partial charge is 0.363 e. The quantitative estimate of drug-likeness (QED) is 0.604. The monoisotopic (exact) mass is 417 g/mol. The fourth-order valence-corrected chi connectivity index (χ4v) is 4.87. The number of hydrogen-bond acceptors (Lipinski definition) is 7. The molecular weight excluding hydrogens is 394 g/mol. The Morgan fingerprint density at radius 3 is 2.32 bits per heavy atom. The maximum absolute atomic E-state index is 12.5. The molecule has 148 valence electrons. The number of aromatic nitrogens is 2. The molecule has 0 amide bonds. The fraction of sp³-hybridized carbons (Fsp3) is 0.263. The van der Waals surface area contributed by atoms with Gasteiger partial charge in [0, 0.05) is 36.4 Å². The summed E-state index contributed by atoms with van der Waals surface area (Å²) in [6.07, 6.45) is 0.818. The van der Waals surface area contributed by atoms with Crippen LogP contribution in [-0.4, -0.2) is 32.5 Å². The smallest absolute Gasteiger partial charge is 0.271 e. The first-order valence-electron chi connectivity index (χ1n) is 8.78. The summed E-state index contributed by atoms with van der Waals surface area (Å²) in [5, 5.41) is 3.22. The molecule has 0 fully saturated rings. The molecular formula is C19H23N5O2S2. The van der Waals surface area contributed by atoms with Crippen LogP contribution in [0.1, 0.15) is 17.6 Å². The number of benzene rings is 1. The van der Waals surface area contributed by atoms with E-state index in [0.717, 1.165) is 22.8 Å². The first-order valence-corrected chi connectivity index (χ1v) is 11.1. The number of nitrogens with zero attached hydrogens (tertiary/aromatic N) is 3. The van der Waals surface area contributed by atoms with Crippen LogP contribution in [0.2, 0.25) is 0 Å². The molecule has 2 aromatic heterocycles. The van der Waals surface area contributed by atoms with Crippen molar-refractivity contribution in [2.75, 3.05) is 29.0 Å². The minimum atomic E-state index is -3.57. The molecule has 0 bridgehead atoms. The summed E-state index contributed by atoms with van der Waals surface area (Å²) >= 11 is 1.29. The molecule has 0 aliphatic heterocycles. The summed E-state index contributed by atoms with van der Waals surface area (Å²) < 4.78 is 28.0. The average molecular weight is 418 g/mol. The zero-order valence-electron chi connectivity index (χ0n) is 16.2. The molecule has 0 saturated carbocycles. The first-order chi connectivity index (χ1) is 13.3. The van der Waals surface area contributed by atoms with E-state index in [1.807, 2.05) is 45.0 Å². The van der Waals surface area contributed by atoms with Crippen LogP contribution in [0, 0.1) is 6.92 Å². The van der Waals surface area contributed by atoms with Crippen LogP contribution < -0.4 is 14.9 Å². The SMILES string of the molecule is CCc1ccc(S(=O)(=O)Nc2ccc(Nc3cc(N(C)C)nc(C)n3)cc2)s1. The van der Waals surface area contributed by atoms with Crippen molar-refractivity contribution in [3.05, 3.63) is 53.2 Å². The molecule has 0 aliphatic rings. The van der Waals surface area contributed by atoms with Gasteiger partial charge in [0.25, 0.3) is 10.0 Å². The maximum atomic E-state index is 12.5. The summed E-state index contributed by atoms with van der Waals surface area (Å²) in [7, 11) is 0.267. The van der Waals surface area contributed by atoms with Gasteiger partial charge in [0.05, 0.1) is 0 Å². The number of sulfonamides is 1. The summed E-state index contributed by atoms with van der Waals surface area (Å²) in [5.74, 6) is 2.15. The van der Waals surface area contributed by atoms with Crippen LogP contribution in [0.3, 0.4) is 0 Å². The number of anilines is 4. The number of thiophene rings is 1. The van der Waals surface area contributed by atoms with Crippen LogP contribution in [0.25, 0.3) is 0 Å². The van der Waals surface area contributed by atoms with Gasteiger partial charge in [0.2, 0.25) is 0 Å².